The Labute approximate surface area is 118 Å². The second-order valence-corrected chi connectivity index (χ2v) is 5.30. The van der Waals surface area contributed by atoms with Crippen LogP contribution in [0.5, 0.6) is 0 Å². The molecule has 1 aromatic carbocycles. The molecule has 0 atom stereocenters. The molecule has 1 saturated heterocycles. The highest BCUT2D eigenvalue weighted by atomic mass is 16.1. The highest BCUT2D eigenvalue weighted by molar-refractivity contribution is 5.86. The predicted molar refractivity (Wildman–Crippen MR) is 78.8 cm³/mol. The molecule has 1 aliphatic rings. The molecular formula is C16H17N3O. The number of ketones is 1. The zero-order valence-electron chi connectivity index (χ0n) is 11.8. The van der Waals surface area contributed by atoms with Crippen molar-refractivity contribution < 1.29 is 4.79 Å². The molecule has 20 heavy (non-hydrogen) atoms. The molecule has 0 unspecified atom stereocenters. The zero-order chi connectivity index (χ0) is 14.1. The Balaban J connectivity index is 1.87. The standard InChI is InChI=1S/C16H17N3O/c1-11-3-4-15(12(2)7-11)13-8-17-16(18-9-13)19-6-5-14(20)10-19/h3-4,7-9H,5-6,10H2,1-2H3. The SMILES string of the molecule is Cc1ccc(-c2cnc(N3CCC(=O)C3)nc2)c(C)c1. The average molecular weight is 267 g/mol. The van der Waals surface area contributed by atoms with Crippen LogP contribution in [0.25, 0.3) is 11.1 Å². The lowest BCUT2D eigenvalue weighted by Gasteiger charge is -2.14. The van der Waals surface area contributed by atoms with Crippen molar-refractivity contribution in [3.05, 3.63) is 41.7 Å². The van der Waals surface area contributed by atoms with E-state index in [2.05, 4.69) is 42.0 Å². The third-order valence-electron chi connectivity index (χ3n) is 3.64. The van der Waals surface area contributed by atoms with E-state index in [1.165, 1.54) is 11.1 Å². The summed E-state index contributed by atoms with van der Waals surface area (Å²) in [5.41, 5.74) is 4.63. The van der Waals surface area contributed by atoms with Crippen LogP contribution < -0.4 is 4.90 Å². The van der Waals surface area contributed by atoms with Crippen LogP contribution in [0, 0.1) is 13.8 Å². The summed E-state index contributed by atoms with van der Waals surface area (Å²) in [7, 11) is 0. The van der Waals surface area contributed by atoms with Crippen LogP contribution in [-0.4, -0.2) is 28.8 Å². The van der Waals surface area contributed by atoms with Crippen molar-refractivity contribution in [2.24, 2.45) is 0 Å². The van der Waals surface area contributed by atoms with Crippen LogP contribution in [0.1, 0.15) is 17.5 Å². The third-order valence-corrected chi connectivity index (χ3v) is 3.64. The maximum atomic E-state index is 11.3. The molecule has 0 amide bonds. The number of nitrogens with zero attached hydrogens (tertiary/aromatic N) is 3. The quantitative estimate of drug-likeness (QED) is 0.839. The molecule has 0 radical (unpaired) electrons. The Morgan fingerprint density at radius 2 is 1.90 bits per heavy atom. The van der Waals surface area contributed by atoms with Gasteiger partial charge in [0.25, 0.3) is 0 Å². The normalized spacial score (nSPS) is 14.9. The van der Waals surface area contributed by atoms with Crippen molar-refractivity contribution in [1.29, 1.82) is 0 Å². The molecule has 3 rings (SSSR count). The number of hydrogen-bond acceptors (Lipinski definition) is 4. The van der Waals surface area contributed by atoms with Crippen LogP contribution >= 0.6 is 0 Å². The van der Waals surface area contributed by atoms with Crippen molar-refractivity contribution in [1.82, 2.24) is 9.97 Å². The second kappa shape index (κ2) is 5.04. The first-order valence-electron chi connectivity index (χ1n) is 6.80. The maximum Gasteiger partial charge on any atom is 0.225 e. The first kappa shape index (κ1) is 12.8. The van der Waals surface area contributed by atoms with E-state index >= 15 is 0 Å². The minimum Gasteiger partial charge on any atom is -0.333 e. The van der Waals surface area contributed by atoms with Gasteiger partial charge in [0.1, 0.15) is 0 Å². The summed E-state index contributed by atoms with van der Waals surface area (Å²) in [6, 6.07) is 6.35. The van der Waals surface area contributed by atoms with Crippen molar-refractivity contribution in [3.63, 3.8) is 0 Å². The molecule has 0 aliphatic carbocycles. The van der Waals surface area contributed by atoms with Crippen molar-refractivity contribution in [2.45, 2.75) is 20.3 Å². The maximum absolute atomic E-state index is 11.3. The molecule has 102 valence electrons. The lowest BCUT2D eigenvalue weighted by Crippen LogP contribution is -2.21. The summed E-state index contributed by atoms with van der Waals surface area (Å²) < 4.78 is 0. The fraction of sp³-hybridized carbons (Fsp3) is 0.312. The van der Waals surface area contributed by atoms with Gasteiger partial charge in [0.05, 0.1) is 6.54 Å². The number of Topliss-reactive ketones (excluding diaryl/α,β-unsaturated/α-hetero) is 1. The van der Waals surface area contributed by atoms with Gasteiger partial charge in [0, 0.05) is 30.9 Å². The summed E-state index contributed by atoms with van der Waals surface area (Å²) in [4.78, 5) is 22.0. The Morgan fingerprint density at radius 3 is 2.50 bits per heavy atom. The summed E-state index contributed by atoms with van der Waals surface area (Å²) >= 11 is 0. The van der Waals surface area contributed by atoms with E-state index in [1.807, 2.05) is 17.3 Å². The fourth-order valence-electron chi connectivity index (χ4n) is 2.56. The lowest BCUT2D eigenvalue weighted by atomic mass is 10.0. The molecule has 4 heteroatoms. The van der Waals surface area contributed by atoms with Crippen molar-refractivity contribution >= 4 is 11.7 Å². The number of rotatable bonds is 2. The molecule has 1 aromatic heterocycles. The number of carbonyl (C=O) groups is 1. The van der Waals surface area contributed by atoms with E-state index in [-0.39, 0.29) is 5.78 Å². The van der Waals surface area contributed by atoms with E-state index < -0.39 is 0 Å². The zero-order valence-corrected chi connectivity index (χ0v) is 11.8. The van der Waals surface area contributed by atoms with Gasteiger partial charge < -0.3 is 4.90 Å². The smallest absolute Gasteiger partial charge is 0.225 e. The van der Waals surface area contributed by atoms with Gasteiger partial charge in [-0.2, -0.15) is 0 Å². The number of carbonyl (C=O) groups excluding carboxylic acids is 1. The lowest BCUT2D eigenvalue weighted by molar-refractivity contribution is -0.116. The summed E-state index contributed by atoms with van der Waals surface area (Å²) in [6.45, 7) is 5.33. The molecule has 0 saturated carbocycles. The topological polar surface area (TPSA) is 46.1 Å². The minimum atomic E-state index is 0.257. The number of anilines is 1. The highest BCUT2D eigenvalue weighted by Gasteiger charge is 2.21. The highest BCUT2D eigenvalue weighted by Crippen LogP contribution is 2.24. The van der Waals surface area contributed by atoms with Crippen LogP contribution in [0.15, 0.2) is 30.6 Å². The number of hydrogen-bond donors (Lipinski definition) is 0. The van der Waals surface area contributed by atoms with E-state index in [0.717, 1.165) is 17.7 Å². The molecule has 1 aliphatic heterocycles. The number of aromatic nitrogens is 2. The largest absolute Gasteiger partial charge is 0.333 e. The van der Waals surface area contributed by atoms with Crippen LogP contribution in [0.3, 0.4) is 0 Å². The van der Waals surface area contributed by atoms with Crippen LogP contribution in [-0.2, 0) is 4.79 Å². The van der Waals surface area contributed by atoms with Crippen molar-refractivity contribution in [2.75, 3.05) is 18.0 Å². The molecule has 0 N–H and O–H groups in total. The van der Waals surface area contributed by atoms with Gasteiger partial charge in [-0.1, -0.05) is 23.8 Å². The predicted octanol–water partition coefficient (Wildman–Crippen LogP) is 2.54. The average Bonchev–Trinajstić information content (AvgIpc) is 2.86. The van der Waals surface area contributed by atoms with Crippen LogP contribution in [0.2, 0.25) is 0 Å². The molecule has 0 bridgehead atoms. The fourth-order valence-corrected chi connectivity index (χ4v) is 2.56. The number of aryl methyl sites for hydroxylation is 2. The number of benzene rings is 1. The monoisotopic (exact) mass is 267 g/mol. The van der Waals surface area contributed by atoms with E-state index in [9.17, 15) is 4.79 Å². The van der Waals surface area contributed by atoms with E-state index in [0.29, 0.717) is 18.9 Å². The van der Waals surface area contributed by atoms with E-state index in [4.69, 9.17) is 0 Å². The van der Waals surface area contributed by atoms with Crippen molar-refractivity contribution in [3.8, 4) is 11.1 Å². The van der Waals surface area contributed by atoms with E-state index in [1.54, 1.807) is 0 Å². The van der Waals surface area contributed by atoms with Gasteiger partial charge in [-0.05, 0) is 25.0 Å². The van der Waals surface area contributed by atoms with Gasteiger partial charge in [-0.25, -0.2) is 9.97 Å². The van der Waals surface area contributed by atoms with Gasteiger partial charge in [0.2, 0.25) is 5.95 Å². The first-order valence-corrected chi connectivity index (χ1v) is 6.80. The first-order chi connectivity index (χ1) is 9.63. The van der Waals surface area contributed by atoms with Gasteiger partial charge >= 0.3 is 0 Å². The molecule has 2 heterocycles. The Bertz CT molecular complexity index is 649. The molecular weight excluding hydrogens is 250 g/mol. The molecule has 2 aromatic rings. The third kappa shape index (κ3) is 2.41. The Kier molecular flexibility index (Phi) is 3.22. The molecule has 4 nitrogen and oxygen atoms in total. The van der Waals surface area contributed by atoms with Gasteiger partial charge in [-0.3, -0.25) is 4.79 Å². The van der Waals surface area contributed by atoms with Gasteiger partial charge in [-0.15, -0.1) is 0 Å². The summed E-state index contributed by atoms with van der Waals surface area (Å²) in [6.07, 6.45) is 4.27. The summed E-state index contributed by atoms with van der Waals surface area (Å²) in [5.74, 6) is 0.899. The Morgan fingerprint density at radius 1 is 1.15 bits per heavy atom. The molecule has 0 spiro atoms. The minimum absolute atomic E-state index is 0.257. The van der Waals surface area contributed by atoms with Crippen LogP contribution in [0.4, 0.5) is 5.95 Å². The Hall–Kier alpha value is -2.23. The second-order valence-electron chi connectivity index (χ2n) is 5.30. The van der Waals surface area contributed by atoms with Gasteiger partial charge in [0.15, 0.2) is 5.78 Å². The molecule has 1 fully saturated rings. The summed E-state index contributed by atoms with van der Waals surface area (Å²) in [5, 5.41) is 0.